The first-order valence-corrected chi connectivity index (χ1v) is 2.57. The predicted octanol–water partition coefficient (Wildman–Crippen LogP) is 0.432. The third-order valence-electron chi connectivity index (χ3n) is 1.20. The van der Waals surface area contributed by atoms with Crippen molar-refractivity contribution in [2.45, 2.75) is 0 Å². The molecule has 2 aliphatic heterocycles. The molecule has 2 bridgehead atoms. The summed E-state index contributed by atoms with van der Waals surface area (Å²) in [5.74, 6) is 1.07. The fraction of sp³-hybridized carbons (Fsp3) is 0. The molecule has 0 radical (unpaired) electrons. The molecule has 0 fully saturated rings. The molecule has 0 atom stereocenters. The molecule has 2 heterocycles. The Kier molecular flexibility index (Phi) is 0.545. The highest BCUT2D eigenvalue weighted by molar-refractivity contribution is 5.35. The first-order chi connectivity index (χ1) is 3.95. The van der Waals surface area contributed by atoms with Crippen molar-refractivity contribution in [2.24, 2.45) is 0 Å². The van der Waals surface area contributed by atoms with Gasteiger partial charge >= 0.3 is 0 Å². The van der Waals surface area contributed by atoms with Crippen molar-refractivity contribution in [1.29, 1.82) is 0 Å². The van der Waals surface area contributed by atoms with Gasteiger partial charge in [0, 0.05) is 6.20 Å². The number of allylic oxidation sites excluding steroid dienone is 3. The quantitative estimate of drug-likeness (QED) is 0.468. The third kappa shape index (κ3) is 0.368. The Balaban J connectivity index is 2.49. The van der Waals surface area contributed by atoms with Crippen LogP contribution in [0.5, 0.6) is 0 Å². The standard InChI is InChI=1S/C6H6N2/c1-2-5-4-7-6(3-1)8-5/h1-4,7-8H. The first-order valence-electron chi connectivity index (χ1n) is 2.57. The molecule has 0 aromatic heterocycles. The highest BCUT2D eigenvalue weighted by Crippen LogP contribution is 2.07. The minimum Gasteiger partial charge on any atom is -0.346 e. The molecule has 2 N–H and O–H groups in total. The van der Waals surface area contributed by atoms with Crippen LogP contribution in [0.3, 0.4) is 0 Å². The van der Waals surface area contributed by atoms with Crippen LogP contribution in [0.1, 0.15) is 0 Å². The van der Waals surface area contributed by atoms with Crippen LogP contribution in [0.4, 0.5) is 0 Å². The molecule has 2 nitrogen and oxygen atoms in total. The lowest BCUT2D eigenvalue weighted by Crippen LogP contribution is -2.12. The van der Waals surface area contributed by atoms with Crippen LogP contribution in [-0.2, 0) is 0 Å². The molecular weight excluding hydrogens is 100 g/mol. The molecule has 2 aliphatic rings. The van der Waals surface area contributed by atoms with E-state index in [-0.39, 0.29) is 0 Å². The van der Waals surface area contributed by atoms with Gasteiger partial charge in [-0.25, -0.2) is 0 Å². The molecule has 0 spiro atoms. The van der Waals surface area contributed by atoms with Crippen LogP contribution in [0, 0.1) is 0 Å². The Labute approximate surface area is 47.6 Å². The van der Waals surface area contributed by atoms with E-state index in [1.807, 2.05) is 24.4 Å². The van der Waals surface area contributed by atoms with Gasteiger partial charge < -0.3 is 10.6 Å². The summed E-state index contributed by atoms with van der Waals surface area (Å²) >= 11 is 0. The van der Waals surface area contributed by atoms with E-state index in [2.05, 4.69) is 10.6 Å². The van der Waals surface area contributed by atoms with E-state index in [0.717, 1.165) is 11.5 Å². The van der Waals surface area contributed by atoms with Gasteiger partial charge in [-0.3, -0.25) is 0 Å². The number of dihydropyridines is 1. The van der Waals surface area contributed by atoms with E-state index >= 15 is 0 Å². The molecule has 0 amide bonds. The molecule has 8 heavy (non-hydrogen) atoms. The summed E-state index contributed by atoms with van der Waals surface area (Å²) in [6.07, 6.45) is 7.96. The van der Waals surface area contributed by atoms with E-state index in [4.69, 9.17) is 0 Å². The van der Waals surface area contributed by atoms with Crippen molar-refractivity contribution in [1.82, 2.24) is 10.6 Å². The maximum Gasteiger partial charge on any atom is 0.107 e. The largest absolute Gasteiger partial charge is 0.346 e. The Bertz CT molecular complexity index is 196. The SMILES string of the molecule is C1=CC2=CNC(=C1)N2. The maximum absolute atomic E-state index is 3.11. The van der Waals surface area contributed by atoms with Gasteiger partial charge in [-0.15, -0.1) is 0 Å². The number of hydrogen-bond donors (Lipinski definition) is 2. The molecule has 0 unspecified atom stereocenters. The Hall–Kier alpha value is -1.18. The van der Waals surface area contributed by atoms with E-state index in [1.165, 1.54) is 0 Å². The molecule has 0 aromatic rings. The molecule has 40 valence electrons. The second-order valence-electron chi connectivity index (χ2n) is 1.81. The van der Waals surface area contributed by atoms with Crippen LogP contribution >= 0.6 is 0 Å². The third-order valence-corrected chi connectivity index (χ3v) is 1.20. The molecule has 2 rings (SSSR count). The summed E-state index contributed by atoms with van der Waals surface area (Å²) in [7, 11) is 0. The maximum atomic E-state index is 3.11. The van der Waals surface area contributed by atoms with Gasteiger partial charge in [0.15, 0.2) is 0 Å². The van der Waals surface area contributed by atoms with E-state index in [9.17, 15) is 0 Å². The summed E-state index contributed by atoms with van der Waals surface area (Å²) in [5, 5.41) is 6.16. The average molecular weight is 106 g/mol. The van der Waals surface area contributed by atoms with Gasteiger partial charge in [-0.2, -0.15) is 0 Å². The van der Waals surface area contributed by atoms with Crippen molar-refractivity contribution >= 4 is 0 Å². The van der Waals surface area contributed by atoms with E-state index in [1.54, 1.807) is 0 Å². The smallest absolute Gasteiger partial charge is 0.107 e. The zero-order chi connectivity index (χ0) is 5.40. The summed E-state index contributed by atoms with van der Waals surface area (Å²) < 4.78 is 0. The van der Waals surface area contributed by atoms with Crippen LogP contribution in [0.2, 0.25) is 0 Å². The highest BCUT2D eigenvalue weighted by Gasteiger charge is 2.05. The van der Waals surface area contributed by atoms with Crippen molar-refractivity contribution in [2.75, 3.05) is 0 Å². The Morgan fingerprint density at radius 2 is 2.38 bits per heavy atom. The molecule has 2 heteroatoms. The molecular formula is C6H6N2. The van der Waals surface area contributed by atoms with Gasteiger partial charge in [0.05, 0.1) is 5.70 Å². The van der Waals surface area contributed by atoms with Crippen LogP contribution in [-0.4, -0.2) is 0 Å². The van der Waals surface area contributed by atoms with Crippen LogP contribution in [0.15, 0.2) is 35.9 Å². The number of fused-ring (bicyclic) bond motifs is 2. The fourth-order valence-electron chi connectivity index (χ4n) is 0.811. The van der Waals surface area contributed by atoms with Crippen molar-refractivity contribution < 1.29 is 0 Å². The second kappa shape index (κ2) is 1.15. The highest BCUT2D eigenvalue weighted by atomic mass is 15.1. The van der Waals surface area contributed by atoms with Crippen molar-refractivity contribution in [3.05, 3.63) is 35.9 Å². The monoisotopic (exact) mass is 106 g/mol. The summed E-state index contributed by atoms with van der Waals surface area (Å²) in [4.78, 5) is 0. The normalized spacial score (nSPS) is 21.0. The predicted molar refractivity (Wildman–Crippen MR) is 31.6 cm³/mol. The van der Waals surface area contributed by atoms with E-state index < -0.39 is 0 Å². The molecule has 0 aliphatic carbocycles. The minimum absolute atomic E-state index is 1.07. The fourth-order valence-corrected chi connectivity index (χ4v) is 0.811. The van der Waals surface area contributed by atoms with Gasteiger partial charge in [0.1, 0.15) is 5.82 Å². The van der Waals surface area contributed by atoms with Gasteiger partial charge in [0.25, 0.3) is 0 Å². The van der Waals surface area contributed by atoms with Crippen molar-refractivity contribution in [3.63, 3.8) is 0 Å². The Morgan fingerprint density at radius 1 is 1.38 bits per heavy atom. The molecule has 0 saturated carbocycles. The summed E-state index contributed by atoms with van der Waals surface area (Å²) in [6, 6.07) is 0. The number of nitrogens with one attached hydrogen (secondary N) is 2. The topological polar surface area (TPSA) is 24.1 Å². The first kappa shape index (κ1) is 3.78. The lowest BCUT2D eigenvalue weighted by atomic mass is 10.3. The average Bonchev–Trinajstić information content (AvgIpc) is 2.12. The number of hydrogen-bond acceptors (Lipinski definition) is 2. The zero-order valence-electron chi connectivity index (χ0n) is 4.31. The summed E-state index contributed by atoms with van der Waals surface area (Å²) in [6.45, 7) is 0. The molecule has 0 aromatic carbocycles. The van der Waals surface area contributed by atoms with Crippen molar-refractivity contribution in [3.8, 4) is 0 Å². The van der Waals surface area contributed by atoms with Gasteiger partial charge in [0.2, 0.25) is 0 Å². The second-order valence-corrected chi connectivity index (χ2v) is 1.81. The van der Waals surface area contributed by atoms with Gasteiger partial charge in [-0.05, 0) is 12.2 Å². The summed E-state index contributed by atoms with van der Waals surface area (Å²) in [5.41, 5.74) is 1.14. The van der Waals surface area contributed by atoms with Crippen LogP contribution < -0.4 is 10.6 Å². The molecule has 0 saturated heterocycles. The van der Waals surface area contributed by atoms with E-state index in [0.29, 0.717) is 0 Å². The lowest BCUT2D eigenvalue weighted by Gasteiger charge is -2.01. The zero-order valence-corrected chi connectivity index (χ0v) is 4.31. The lowest BCUT2D eigenvalue weighted by molar-refractivity contribution is 0.961. The Morgan fingerprint density at radius 3 is 3.12 bits per heavy atom. The van der Waals surface area contributed by atoms with Crippen LogP contribution in [0.25, 0.3) is 0 Å². The minimum atomic E-state index is 1.07. The number of rotatable bonds is 0. The van der Waals surface area contributed by atoms with Gasteiger partial charge in [-0.1, -0.05) is 6.08 Å².